The van der Waals surface area contributed by atoms with Crippen molar-refractivity contribution in [2.24, 2.45) is 5.92 Å². The highest BCUT2D eigenvalue weighted by Crippen LogP contribution is 2.22. The number of amides is 1. The number of carbonyl (C=O) groups excluding carboxylic acids is 2. The van der Waals surface area contributed by atoms with E-state index in [-0.39, 0.29) is 29.6 Å². The number of nitrogens with zero attached hydrogens (tertiary/aromatic N) is 3. The van der Waals surface area contributed by atoms with Crippen LogP contribution in [0.2, 0.25) is 0 Å². The van der Waals surface area contributed by atoms with Crippen LogP contribution in [0.15, 0.2) is 53.6 Å². The number of likely N-dealkylation sites (tertiary alicyclic amines) is 1. The lowest BCUT2D eigenvalue weighted by molar-refractivity contribution is -0.131. The zero-order valence-corrected chi connectivity index (χ0v) is 15.3. The Morgan fingerprint density at radius 3 is 2.54 bits per heavy atom. The Hall–Kier alpha value is -3.35. The lowest BCUT2D eigenvalue weighted by atomic mass is 9.89. The van der Waals surface area contributed by atoms with Crippen molar-refractivity contribution in [2.75, 3.05) is 13.1 Å². The van der Waals surface area contributed by atoms with Gasteiger partial charge in [-0.15, -0.1) is 0 Å². The summed E-state index contributed by atoms with van der Waals surface area (Å²) in [5.41, 5.74) is 0.923. The zero-order chi connectivity index (χ0) is 19.5. The molecular weight excluding hydrogens is 356 g/mol. The minimum atomic E-state index is -0.262. The lowest BCUT2D eigenvalue weighted by Gasteiger charge is -2.31. The van der Waals surface area contributed by atoms with Crippen LogP contribution in [0.5, 0.6) is 0 Å². The number of H-pyrrole nitrogens is 1. The second-order valence-electron chi connectivity index (χ2n) is 6.98. The van der Waals surface area contributed by atoms with Crippen LogP contribution < -0.4 is 5.56 Å². The normalized spacial score (nSPS) is 14.9. The van der Waals surface area contributed by atoms with Crippen LogP contribution in [-0.2, 0) is 11.2 Å². The summed E-state index contributed by atoms with van der Waals surface area (Å²) >= 11 is 0. The van der Waals surface area contributed by atoms with E-state index in [1.807, 2.05) is 6.07 Å². The fourth-order valence-corrected chi connectivity index (χ4v) is 3.70. The van der Waals surface area contributed by atoms with Gasteiger partial charge in [-0.05, 0) is 31.0 Å². The Kier molecular flexibility index (Phi) is 4.97. The number of piperidine rings is 1. The smallest absolute Gasteiger partial charge is 0.272 e. The van der Waals surface area contributed by atoms with E-state index in [4.69, 9.17) is 0 Å². The maximum atomic E-state index is 12.7. The van der Waals surface area contributed by atoms with E-state index in [9.17, 15) is 14.4 Å². The molecule has 3 heterocycles. The average Bonchev–Trinajstić information content (AvgIpc) is 2.76. The molecule has 0 aliphatic carbocycles. The monoisotopic (exact) mass is 376 g/mol. The van der Waals surface area contributed by atoms with Crippen molar-refractivity contribution in [3.63, 3.8) is 0 Å². The van der Waals surface area contributed by atoms with Gasteiger partial charge < -0.3 is 4.90 Å². The molecule has 0 saturated carbocycles. The van der Waals surface area contributed by atoms with Crippen molar-refractivity contribution in [2.45, 2.75) is 19.3 Å². The topological polar surface area (TPSA) is 96.0 Å². The number of benzene rings is 1. The molecule has 1 aliphatic rings. The van der Waals surface area contributed by atoms with E-state index in [1.165, 1.54) is 0 Å². The van der Waals surface area contributed by atoms with E-state index >= 15 is 0 Å². The Labute approximate surface area is 161 Å². The maximum Gasteiger partial charge on any atom is 0.272 e. The number of Topliss-reactive ketones (excluding diaryl/α,β-unsaturated/α-hetero) is 1. The third kappa shape index (κ3) is 3.55. The summed E-state index contributed by atoms with van der Waals surface area (Å²) in [6, 6.07) is 10.7. The third-order valence-electron chi connectivity index (χ3n) is 5.26. The molecule has 0 radical (unpaired) electrons. The third-order valence-corrected chi connectivity index (χ3v) is 5.26. The standard InChI is InChI=1S/C21H20N4O3/c26-19(12-18-16-5-1-2-6-17(16)21(28)24-23-18)25-10-7-14(8-11-25)20(27)15-4-3-9-22-13-15/h1-6,9,13-14H,7-8,10-12H2,(H,24,28). The quantitative estimate of drug-likeness (QED) is 0.703. The average molecular weight is 376 g/mol. The first kappa shape index (κ1) is 18.0. The van der Waals surface area contributed by atoms with Crippen LogP contribution in [0, 0.1) is 5.92 Å². The van der Waals surface area contributed by atoms with Crippen molar-refractivity contribution < 1.29 is 9.59 Å². The molecule has 1 aromatic carbocycles. The van der Waals surface area contributed by atoms with E-state index in [2.05, 4.69) is 15.2 Å². The highest BCUT2D eigenvalue weighted by Gasteiger charge is 2.28. The number of pyridine rings is 1. The number of hydrogen-bond donors (Lipinski definition) is 1. The molecule has 7 nitrogen and oxygen atoms in total. The van der Waals surface area contributed by atoms with Gasteiger partial charge in [0.2, 0.25) is 5.91 Å². The first-order chi connectivity index (χ1) is 13.6. The first-order valence-corrected chi connectivity index (χ1v) is 9.32. The number of rotatable bonds is 4. The SMILES string of the molecule is O=C(c1cccnc1)C1CCN(C(=O)Cc2n[nH]c(=O)c3ccccc23)CC1. The molecule has 0 atom stereocenters. The molecule has 3 aromatic rings. The number of fused-ring (bicyclic) bond motifs is 1. The summed E-state index contributed by atoms with van der Waals surface area (Å²) in [6.45, 7) is 1.08. The molecule has 0 unspecified atom stereocenters. The highest BCUT2D eigenvalue weighted by molar-refractivity contribution is 5.97. The number of aromatic nitrogens is 3. The molecule has 1 fully saturated rings. The van der Waals surface area contributed by atoms with E-state index in [0.717, 1.165) is 0 Å². The largest absolute Gasteiger partial charge is 0.342 e. The van der Waals surface area contributed by atoms with Gasteiger partial charge in [-0.3, -0.25) is 19.4 Å². The summed E-state index contributed by atoms with van der Waals surface area (Å²) < 4.78 is 0. The summed E-state index contributed by atoms with van der Waals surface area (Å²) in [5.74, 6) is -0.0363. The Morgan fingerprint density at radius 2 is 1.82 bits per heavy atom. The van der Waals surface area contributed by atoms with Gasteiger partial charge in [0.1, 0.15) is 0 Å². The molecule has 0 spiro atoms. The van der Waals surface area contributed by atoms with Crippen molar-refractivity contribution >= 4 is 22.5 Å². The second-order valence-corrected chi connectivity index (χ2v) is 6.98. The van der Waals surface area contributed by atoms with Crippen LogP contribution in [-0.4, -0.2) is 44.9 Å². The Balaban J connectivity index is 1.42. The molecule has 7 heteroatoms. The number of nitrogens with one attached hydrogen (secondary N) is 1. The first-order valence-electron chi connectivity index (χ1n) is 9.32. The summed E-state index contributed by atoms with van der Waals surface area (Å²) in [4.78, 5) is 43.0. The van der Waals surface area contributed by atoms with E-state index in [1.54, 1.807) is 47.6 Å². The van der Waals surface area contributed by atoms with Gasteiger partial charge in [-0.2, -0.15) is 5.10 Å². The molecular formula is C21H20N4O3. The number of aromatic amines is 1. The molecule has 142 valence electrons. The molecule has 2 aromatic heterocycles. The van der Waals surface area contributed by atoms with Gasteiger partial charge in [0.15, 0.2) is 5.78 Å². The second kappa shape index (κ2) is 7.72. The van der Waals surface area contributed by atoms with Crippen LogP contribution in [0.25, 0.3) is 10.8 Å². The van der Waals surface area contributed by atoms with Crippen molar-refractivity contribution in [3.8, 4) is 0 Å². The van der Waals surface area contributed by atoms with Gasteiger partial charge in [-0.1, -0.05) is 18.2 Å². The van der Waals surface area contributed by atoms with Crippen LogP contribution in [0.1, 0.15) is 28.9 Å². The van der Waals surface area contributed by atoms with Crippen LogP contribution in [0.4, 0.5) is 0 Å². The Morgan fingerprint density at radius 1 is 1.07 bits per heavy atom. The minimum absolute atomic E-state index is 0.0445. The number of ketones is 1. The lowest BCUT2D eigenvalue weighted by Crippen LogP contribution is -2.41. The van der Waals surface area contributed by atoms with E-state index < -0.39 is 0 Å². The molecule has 1 saturated heterocycles. The molecule has 0 bridgehead atoms. The summed E-state index contributed by atoms with van der Waals surface area (Å²) in [6.07, 6.45) is 4.64. The van der Waals surface area contributed by atoms with Gasteiger partial charge in [0.25, 0.3) is 5.56 Å². The fraction of sp³-hybridized carbons (Fsp3) is 0.286. The molecule has 28 heavy (non-hydrogen) atoms. The summed E-state index contributed by atoms with van der Waals surface area (Å²) in [5, 5.41) is 7.77. The minimum Gasteiger partial charge on any atom is -0.342 e. The molecule has 1 amide bonds. The predicted octanol–water partition coefficient (Wildman–Crippen LogP) is 1.98. The van der Waals surface area contributed by atoms with Crippen molar-refractivity contribution in [1.29, 1.82) is 0 Å². The van der Waals surface area contributed by atoms with Gasteiger partial charge >= 0.3 is 0 Å². The maximum absolute atomic E-state index is 12.7. The van der Waals surface area contributed by atoms with Gasteiger partial charge in [0.05, 0.1) is 17.5 Å². The van der Waals surface area contributed by atoms with Crippen LogP contribution in [0.3, 0.4) is 0 Å². The van der Waals surface area contributed by atoms with Crippen molar-refractivity contribution in [1.82, 2.24) is 20.1 Å². The number of carbonyl (C=O) groups is 2. The highest BCUT2D eigenvalue weighted by atomic mass is 16.2. The summed E-state index contributed by atoms with van der Waals surface area (Å²) in [7, 11) is 0. The zero-order valence-electron chi connectivity index (χ0n) is 15.3. The Bertz CT molecular complexity index is 1070. The van der Waals surface area contributed by atoms with E-state index in [0.29, 0.717) is 48.0 Å². The molecule has 1 aliphatic heterocycles. The van der Waals surface area contributed by atoms with Gasteiger partial charge in [0, 0.05) is 42.4 Å². The fourth-order valence-electron chi connectivity index (χ4n) is 3.70. The predicted molar refractivity (Wildman–Crippen MR) is 104 cm³/mol. The van der Waals surface area contributed by atoms with Crippen LogP contribution >= 0.6 is 0 Å². The van der Waals surface area contributed by atoms with Crippen molar-refractivity contribution in [3.05, 3.63) is 70.4 Å². The molecule has 4 rings (SSSR count). The molecule has 1 N–H and O–H groups in total. The van der Waals surface area contributed by atoms with Gasteiger partial charge in [-0.25, -0.2) is 5.10 Å². The number of hydrogen-bond acceptors (Lipinski definition) is 5.